The van der Waals surface area contributed by atoms with E-state index in [4.69, 9.17) is 4.74 Å². The molecule has 1 aliphatic heterocycles. The fourth-order valence-corrected chi connectivity index (χ4v) is 3.42. The molecule has 1 aliphatic rings. The summed E-state index contributed by atoms with van der Waals surface area (Å²) in [4.78, 5) is 15.2. The highest BCUT2D eigenvalue weighted by Gasteiger charge is 2.23. The number of sulfonamides is 1. The number of fused-ring (bicyclic) bond motifs is 1. The van der Waals surface area contributed by atoms with E-state index in [9.17, 15) is 13.2 Å². The molecule has 2 heterocycles. The van der Waals surface area contributed by atoms with E-state index in [-0.39, 0.29) is 17.4 Å². The van der Waals surface area contributed by atoms with Gasteiger partial charge in [-0.3, -0.25) is 14.5 Å². The first kappa shape index (κ1) is 14.3. The Morgan fingerprint density at radius 1 is 1.36 bits per heavy atom. The van der Waals surface area contributed by atoms with Crippen LogP contribution >= 0.6 is 0 Å². The molecule has 7 nitrogen and oxygen atoms in total. The predicted molar refractivity (Wildman–Crippen MR) is 80.3 cm³/mol. The lowest BCUT2D eigenvalue weighted by molar-refractivity contribution is -0.118. The normalized spacial score (nSPS) is 13.8. The topological polar surface area (TPSA) is 97.4 Å². The number of aromatic nitrogens is 1. The maximum atomic E-state index is 12.5. The fourth-order valence-electron chi connectivity index (χ4n) is 2.14. The van der Waals surface area contributed by atoms with Crippen LogP contribution < -0.4 is 14.8 Å². The molecule has 0 unspecified atom stereocenters. The summed E-state index contributed by atoms with van der Waals surface area (Å²) in [6, 6.07) is 6.22. The predicted octanol–water partition coefficient (Wildman–Crippen LogP) is 1.52. The van der Waals surface area contributed by atoms with E-state index in [1.54, 1.807) is 31.3 Å². The van der Waals surface area contributed by atoms with Crippen LogP contribution in [0.2, 0.25) is 0 Å². The second-order valence-electron chi connectivity index (χ2n) is 4.80. The third kappa shape index (κ3) is 2.73. The average molecular weight is 319 g/mol. The van der Waals surface area contributed by atoms with Gasteiger partial charge in [0.1, 0.15) is 5.75 Å². The van der Waals surface area contributed by atoms with Crippen molar-refractivity contribution in [3.05, 3.63) is 42.2 Å². The minimum absolute atomic E-state index is 0.0891. The highest BCUT2D eigenvalue weighted by Crippen LogP contribution is 2.33. The van der Waals surface area contributed by atoms with Crippen molar-refractivity contribution < 1.29 is 17.9 Å². The Kier molecular flexibility index (Phi) is 3.45. The standard InChI is InChI=1S/C14H13N3O4S/c1-9-5-11-12(21-8-14(18)16-11)6-13(9)22(19,20)17-10-3-2-4-15-7-10/h2-7,17H,8H2,1H3,(H,16,18). The summed E-state index contributed by atoms with van der Waals surface area (Å²) in [5.74, 6) is 0.0627. The molecule has 0 aliphatic carbocycles. The summed E-state index contributed by atoms with van der Waals surface area (Å²) in [7, 11) is -3.77. The Labute approximate surface area is 127 Å². The van der Waals surface area contributed by atoms with Crippen molar-refractivity contribution >= 4 is 27.3 Å². The summed E-state index contributed by atoms with van der Waals surface area (Å²) in [6.07, 6.45) is 2.97. The molecule has 1 amide bonds. The summed E-state index contributed by atoms with van der Waals surface area (Å²) >= 11 is 0. The van der Waals surface area contributed by atoms with Gasteiger partial charge in [0.25, 0.3) is 15.9 Å². The lowest BCUT2D eigenvalue weighted by Crippen LogP contribution is -2.26. The first-order valence-electron chi connectivity index (χ1n) is 6.46. The molecule has 1 aromatic heterocycles. The second kappa shape index (κ2) is 5.30. The van der Waals surface area contributed by atoms with Crippen LogP contribution in [-0.2, 0) is 14.8 Å². The highest BCUT2D eigenvalue weighted by atomic mass is 32.2. The van der Waals surface area contributed by atoms with Crippen LogP contribution in [0.3, 0.4) is 0 Å². The van der Waals surface area contributed by atoms with Crippen LogP contribution in [0.4, 0.5) is 11.4 Å². The molecule has 0 bridgehead atoms. The van der Waals surface area contributed by atoms with Gasteiger partial charge in [-0.2, -0.15) is 0 Å². The molecular formula is C14H13N3O4S. The largest absolute Gasteiger partial charge is 0.482 e. The molecule has 8 heteroatoms. The third-order valence-corrected chi connectivity index (χ3v) is 4.64. The van der Waals surface area contributed by atoms with E-state index < -0.39 is 10.0 Å². The Morgan fingerprint density at radius 2 is 2.18 bits per heavy atom. The van der Waals surface area contributed by atoms with Crippen LogP contribution in [0.5, 0.6) is 5.75 Å². The van der Waals surface area contributed by atoms with Crippen LogP contribution in [-0.4, -0.2) is 25.9 Å². The van der Waals surface area contributed by atoms with Gasteiger partial charge in [0.15, 0.2) is 6.61 Å². The van der Waals surface area contributed by atoms with Gasteiger partial charge < -0.3 is 10.1 Å². The number of anilines is 2. The van der Waals surface area contributed by atoms with Gasteiger partial charge in [-0.15, -0.1) is 0 Å². The highest BCUT2D eigenvalue weighted by molar-refractivity contribution is 7.92. The summed E-state index contributed by atoms with van der Waals surface area (Å²) in [6.45, 7) is 1.52. The molecular weight excluding hydrogens is 306 g/mol. The van der Waals surface area contributed by atoms with E-state index in [1.165, 1.54) is 12.3 Å². The second-order valence-corrected chi connectivity index (χ2v) is 6.45. The summed E-state index contributed by atoms with van der Waals surface area (Å²) < 4.78 is 32.7. The number of rotatable bonds is 3. The summed E-state index contributed by atoms with van der Waals surface area (Å²) in [5, 5.41) is 2.64. The molecule has 0 saturated heterocycles. The molecule has 0 saturated carbocycles. The van der Waals surface area contributed by atoms with Gasteiger partial charge in [0.2, 0.25) is 0 Å². The van der Waals surface area contributed by atoms with Gasteiger partial charge in [-0.1, -0.05) is 0 Å². The molecule has 22 heavy (non-hydrogen) atoms. The quantitative estimate of drug-likeness (QED) is 0.894. The van der Waals surface area contributed by atoms with Gasteiger partial charge in [0, 0.05) is 12.3 Å². The minimum atomic E-state index is -3.77. The Balaban J connectivity index is 1.99. The van der Waals surface area contributed by atoms with Crippen molar-refractivity contribution in [2.75, 3.05) is 16.6 Å². The number of aryl methyl sites for hydroxylation is 1. The molecule has 0 atom stereocenters. The average Bonchev–Trinajstić information content (AvgIpc) is 2.46. The molecule has 0 spiro atoms. The SMILES string of the molecule is Cc1cc2c(cc1S(=O)(=O)Nc1cccnc1)OCC(=O)N2. The third-order valence-electron chi connectivity index (χ3n) is 3.11. The first-order chi connectivity index (χ1) is 10.5. The van der Waals surface area contributed by atoms with E-state index in [0.29, 0.717) is 22.7 Å². The fraction of sp³-hybridized carbons (Fsp3) is 0.143. The smallest absolute Gasteiger partial charge is 0.262 e. The number of carbonyl (C=O) groups excluding carboxylic acids is 1. The number of hydrogen-bond donors (Lipinski definition) is 2. The van der Waals surface area contributed by atoms with Crippen molar-refractivity contribution in [2.24, 2.45) is 0 Å². The number of amides is 1. The number of nitrogens with zero attached hydrogens (tertiary/aromatic N) is 1. The number of carbonyl (C=O) groups is 1. The van der Waals surface area contributed by atoms with Crippen LogP contribution in [0, 0.1) is 6.92 Å². The van der Waals surface area contributed by atoms with Crippen molar-refractivity contribution in [1.82, 2.24) is 4.98 Å². The van der Waals surface area contributed by atoms with Gasteiger partial charge in [-0.25, -0.2) is 8.42 Å². The van der Waals surface area contributed by atoms with Crippen molar-refractivity contribution in [3.63, 3.8) is 0 Å². The number of benzene rings is 1. The number of pyridine rings is 1. The van der Waals surface area contributed by atoms with E-state index in [2.05, 4.69) is 15.0 Å². The van der Waals surface area contributed by atoms with E-state index >= 15 is 0 Å². The van der Waals surface area contributed by atoms with Gasteiger partial charge in [-0.05, 0) is 30.7 Å². The molecule has 2 N–H and O–H groups in total. The number of ether oxygens (including phenoxy) is 1. The summed E-state index contributed by atoms with van der Waals surface area (Å²) in [5.41, 5.74) is 1.34. The molecule has 1 aromatic carbocycles. The number of hydrogen-bond acceptors (Lipinski definition) is 5. The Morgan fingerprint density at radius 3 is 2.91 bits per heavy atom. The lowest BCUT2D eigenvalue weighted by atomic mass is 10.2. The minimum Gasteiger partial charge on any atom is -0.482 e. The maximum absolute atomic E-state index is 12.5. The first-order valence-corrected chi connectivity index (χ1v) is 7.94. The molecule has 2 aromatic rings. The molecule has 0 fully saturated rings. The molecule has 0 radical (unpaired) electrons. The van der Waals surface area contributed by atoms with Crippen LogP contribution in [0.25, 0.3) is 0 Å². The van der Waals surface area contributed by atoms with Crippen LogP contribution in [0.15, 0.2) is 41.6 Å². The van der Waals surface area contributed by atoms with Crippen LogP contribution in [0.1, 0.15) is 5.56 Å². The van der Waals surface area contributed by atoms with Crippen molar-refractivity contribution in [3.8, 4) is 5.75 Å². The van der Waals surface area contributed by atoms with Crippen molar-refractivity contribution in [2.45, 2.75) is 11.8 Å². The molecule has 114 valence electrons. The molecule has 3 rings (SSSR count). The zero-order valence-corrected chi connectivity index (χ0v) is 12.5. The Bertz CT molecular complexity index is 835. The lowest BCUT2D eigenvalue weighted by Gasteiger charge is -2.20. The number of nitrogens with one attached hydrogen (secondary N) is 2. The van der Waals surface area contributed by atoms with E-state index in [0.717, 1.165) is 0 Å². The monoisotopic (exact) mass is 319 g/mol. The van der Waals surface area contributed by atoms with E-state index in [1.807, 2.05) is 0 Å². The van der Waals surface area contributed by atoms with Crippen molar-refractivity contribution in [1.29, 1.82) is 0 Å². The zero-order chi connectivity index (χ0) is 15.7. The van der Waals surface area contributed by atoms with Gasteiger partial charge >= 0.3 is 0 Å². The zero-order valence-electron chi connectivity index (χ0n) is 11.7. The Hall–Kier alpha value is -2.61. The van der Waals surface area contributed by atoms with Gasteiger partial charge in [0.05, 0.1) is 22.5 Å². The maximum Gasteiger partial charge on any atom is 0.262 e.